The lowest BCUT2D eigenvalue weighted by molar-refractivity contribution is 0.374. The number of rotatable bonds is 6. The Kier molecular flexibility index (Phi) is 5.09. The molecule has 2 N–H and O–H groups in total. The van der Waals surface area contributed by atoms with Gasteiger partial charge in [-0.05, 0) is 42.2 Å². The Labute approximate surface area is 125 Å². The summed E-state index contributed by atoms with van der Waals surface area (Å²) in [5.74, 6) is 0.708. The van der Waals surface area contributed by atoms with E-state index in [-0.39, 0.29) is 17.2 Å². The molecule has 112 valence electrons. The number of benzene rings is 2. The van der Waals surface area contributed by atoms with Gasteiger partial charge in [-0.15, -0.1) is 0 Å². The van der Waals surface area contributed by atoms with Crippen LogP contribution in [0.15, 0.2) is 36.4 Å². The Bertz CT molecular complexity index is 585. The molecule has 0 aliphatic heterocycles. The van der Waals surface area contributed by atoms with E-state index in [0.717, 1.165) is 31.2 Å². The monoisotopic (exact) mass is 286 g/mol. The normalized spacial score (nSPS) is 10.6. The van der Waals surface area contributed by atoms with Crippen LogP contribution in [0.4, 0.5) is 0 Å². The maximum Gasteiger partial charge on any atom is 0.210 e. The molecule has 0 radical (unpaired) electrons. The number of aromatic hydroxyl groups is 2. The highest BCUT2D eigenvalue weighted by molar-refractivity contribution is 5.53. The maximum absolute atomic E-state index is 9.86. The average molecular weight is 286 g/mol. The predicted octanol–water partition coefficient (Wildman–Crippen LogP) is 4.80. The second kappa shape index (κ2) is 7.02. The minimum atomic E-state index is -0.0571. The molecule has 0 atom stereocenters. The van der Waals surface area contributed by atoms with Gasteiger partial charge >= 0.3 is 0 Å². The van der Waals surface area contributed by atoms with Crippen LogP contribution in [0.25, 0.3) is 0 Å². The van der Waals surface area contributed by atoms with Crippen molar-refractivity contribution in [3.8, 4) is 23.0 Å². The standard InChI is InChI=1S/C18H22O3/c1-3-7-13-9-5-12-17(14(13)8-4-2)21-18-15(19)10-6-11-16(18)20/h5-6,9-12,19-20H,3-4,7-8H2,1-2H3. The van der Waals surface area contributed by atoms with Crippen molar-refractivity contribution in [3.05, 3.63) is 47.5 Å². The average Bonchev–Trinajstić information content (AvgIpc) is 2.46. The zero-order valence-corrected chi connectivity index (χ0v) is 12.6. The van der Waals surface area contributed by atoms with Crippen LogP contribution in [0.5, 0.6) is 23.0 Å². The van der Waals surface area contributed by atoms with E-state index in [1.807, 2.05) is 12.1 Å². The molecule has 2 aromatic carbocycles. The van der Waals surface area contributed by atoms with Crippen molar-refractivity contribution in [2.75, 3.05) is 0 Å². The van der Waals surface area contributed by atoms with E-state index in [9.17, 15) is 10.2 Å². The van der Waals surface area contributed by atoms with Crippen molar-refractivity contribution in [1.29, 1.82) is 0 Å². The van der Waals surface area contributed by atoms with E-state index in [4.69, 9.17) is 4.74 Å². The Morgan fingerprint density at radius 2 is 1.48 bits per heavy atom. The second-order valence-corrected chi connectivity index (χ2v) is 5.12. The number of phenolic OH excluding ortho intramolecular Hbond substituents is 2. The summed E-state index contributed by atoms with van der Waals surface area (Å²) in [6.07, 6.45) is 4.00. The number of phenols is 2. The van der Waals surface area contributed by atoms with Crippen molar-refractivity contribution in [3.63, 3.8) is 0 Å². The number of ether oxygens (including phenoxy) is 1. The van der Waals surface area contributed by atoms with Crippen LogP contribution in [-0.4, -0.2) is 10.2 Å². The quantitative estimate of drug-likeness (QED) is 0.802. The molecule has 0 heterocycles. The van der Waals surface area contributed by atoms with Crippen LogP contribution in [0, 0.1) is 0 Å². The van der Waals surface area contributed by atoms with Gasteiger partial charge in [0.2, 0.25) is 5.75 Å². The smallest absolute Gasteiger partial charge is 0.210 e. The molecule has 0 aliphatic carbocycles. The van der Waals surface area contributed by atoms with Crippen molar-refractivity contribution >= 4 is 0 Å². The van der Waals surface area contributed by atoms with Crippen LogP contribution in [-0.2, 0) is 12.8 Å². The molecule has 0 saturated carbocycles. The zero-order chi connectivity index (χ0) is 15.2. The molecule has 0 bridgehead atoms. The first-order chi connectivity index (χ1) is 10.2. The summed E-state index contributed by atoms with van der Waals surface area (Å²) < 4.78 is 5.81. The van der Waals surface area contributed by atoms with Gasteiger partial charge in [-0.25, -0.2) is 0 Å². The Hall–Kier alpha value is -2.16. The summed E-state index contributed by atoms with van der Waals surface area (Å²) >= 11 is 0. The highest BCUT2D eigenvalue weighted by Gasteiger charge is 2.14. The Morgan fingerprint density at radius 1 is 0.857 bits per heavy atom. The van der Waals surface area contributed by atoms with Crippen LogP contribution in [0.2, 0.25) is 0 Å². The second-order valence-electron chi connectivity index (χ2n) is 5.12. The molecule has 0 fully saturated rings. The van der Waals surface area contributed by atoms with Crippen molar-refractivity contribution in [1.82, 2.24) is 0 Å². The third-order valence-electron chi connectivity index (χ3n) is 3.43. The predicted molar refractivity (Wildman–Crippen MR) is 84.3 cm³/mol. The molecule has 0 unspecified atom stereocenters. The molecule has 3 nitrogen and oxygen atoms in total. The Balaban J connectivity index is 2.41. The molecule has 0 saturated heterocycles. The van der Waals surface area contributed by atoms with Gasteiger partial charge in [-0.1, -0.05) is 44.9 Å². The van der Waals surface area contributed by atoms with Gasteiger partial charge in [0, 0.05) is 0 Å². The molecular formula is C18H22O3. The van der Waals surface area contributed by atoms with E-state index in [2.05, 4.69) is 19.9 Å². The fourth-order valence-electron chi connectivity index (χ4n) is 2.47. The summed E-state index contributed by atoms with van der Waals surface area (Å²) in [4.78, 5) is 0. The number of hydrogen-bond acceptors (Lipinski definition) is 3. The molecule has 0 aromatic heterocycles. The summed E-state index contributed by atoms with van der Waals surface area (Å²) in [5, 5.41) is 19.7. The third kappa shape index (κ3) is 3.48. The van der Waals surface area contributed by atoms with Gasteiger partial charge in [0.15, 0.2) is 11.5 Å². The largest absolute Gasteiger partial charge is 0.504 e. The van der Waals surface area contributed by atoms with Gasteiger partial charge in [-0.2, -0.15) is 0 Å². The molecule has 21 heavy (non-hydrogen) atoms. The number of para-hydroxylation sites is 1. The summed E-state index contributed by atoms with van der Waals surface area (Å²) in [6, 6.07) is 10.5. The maximum atomic E-state index is 9.86. The van der Waals surface area contributed by atoms with Crippen LogP contribution in [0.1, 0.15) is 37.8 Å². The molecule has 2 aromatic rings. The summed E-state index contributed by atoms with van der Waals surface area (Å²) in [6.45, 7) is 4.28. The van der Waals surface area contributed by atoms with Crippen LogP contribution >= 0.6 is 0 Å². The molecule has 3 heteroatoms. The summed E-state index contributed by atoms with van der Waals surface area (Å²) in [7, 11) is 0. The van der Waals surface area contributed by atoms with Crippen LogP contribution < -0.4 is 4.74 Å². The van der Waals surface area contributed by atoms with Gasteiger partial charge in [-0.3, -0.25) is 0 Å². The number of hydrogen-bond donors (Lipinski definition) is 2. The van der Waals surface area contributed by atoms with Crippen molar-refractivity contribution in [2.45, 2.75) is 39.5 Å². The zero-order valence-electron chi connectivity index (χ0n) is 12.6. The lowest BCUT2D eigenvalue weighted by atomic mass is 9.98. The Morgan fingerprint density at radius 3 is 2.10 bits per heavy atom. The fourth-order valence-corrected chi connectivity index (χ4v) is 2.47. The van der Waals surface area contributed by atoms with E-state index >= 15 is 0 Å². The minimum absolute atomic E-state index is 0.0571. The van der Waals surface area contributed by atoms with Gasteiger partial charge in [0.1, 0.15) is 5.75 Å². The van der Waals surface area contributed by atoms with E-state index in [0.29, 0.717) is 5.75 Å². The minimum Gasteiger partial charge on any atom is -0.504 e. The highest BCUT2D eigenvalue weighted by Crippen LogP contribution is 2.40. The first-order valence-corrected chi connectivity index (χ1v) is 7.46. The number of aryl methyl sites for hydroxylation is 1. The lowest BCUT2D eigenvalue weighted by Crippen LogP contribution is -1.98. The first-order valence-electron chi connectivity index (χ1n) is 7.46. The summed E-state index contributed by atoms with van der Waals surface area (Å²) in [5.41, 5.74) is 2.43. The lowest BCUT2D eigenvalue weighted by Gasteiger charge is -2.16. The first kappa shape index (κ1) is 15.2. The molecular weight excluding hydrogens is 264 g/mol. The van der Waals surface area contributed by atoms with E-state index in [1.165, 1.54) is 17.7 Å². The van der Waals surface area contributed by atoms with Gasteiger partial charge in [0.25, 0.3) is 0 Å². The fraction of sp³-hybridized carbons (Fsp3) is 0.333. The van der Waals surface area contributed by atoms with E-state index in [1.54, 1.807) is 6.07 Å². The van der Waals surface area contributed by atoms with E-state index < -0.39 is 0 Å². The topological polar surface area (TPSA) is 49.7 Å². The third-order valence-corrected chi connectivity index (χ3v) is 3.43. The molecule has 0 amide bonds. The van der Waals surface area contributed by atoms with Gasteiger partial charge in [0.05, 0.1) is 0 Å². The molecule has 0 aliphatic rings. The SMILES string of the molecule is CCCc1cccc(Oc2c(O)cccc2O)c1CCC. The highest BCUT2D eigenvalue weighted by atomic mass is 16.5. The molecule has 2 rings (SSSR count). The van der Waals surface area contributed by atoms with Crippen molar-refractivity contribution in [2.24, 2.45) is 0 Å². The van der Waals surface area contributed by atoms with Crippen molar-refractivity contribution < 1.29 is 14.9 Å². The van der Waals surface area contributed by atoms with Crippen LogP contribution in [0.3, 0.4) is 0 Å². The van der Waals surface area contributed by atoms with Gasteiger partial charge < -0.3 is 14.9 Å². The molecule has 0 spiro atoms.